The van der Waals surface area contributed by atoms with Gasteiger partial charge in [-0.3, -0.25) is 4.79 Å². The van der Waals surface area contributed by atoms with Crippen molar-refractivity contribution in [3.63, 3.8) is 0 Å². The summed E-state index contributed by atoms with van der Waals surface area (Å²) in [5.74, 6) is -0.650. The smallest absolute Gasteiger partial charge is 0.254 e. The Kier molecular flexibility index (Phi) is 5.68. The maximum absolute atomic E-state index is 13.9. The second-order valence-electron chi connectivity index (χ2n) is 6.53. The van der Waals surface area contributed by atoms with Gasteiger partial charge in [0.05, 0.1) is 17.7 Å². The summed E-state index contributed by atoms with van der Waals surface area (Å²) in [5.41, 5.74) is 1.97. The normalized spacial score (nSPS) is 16.3. The average Bonchev–Trinajstić information content (AvgIpc) is 2.62. The highest BCUT2D eigenvalue weighted by Gasteiger charge is 2.23. The Hall–Kier alpha value is -2.25. The Morgan fingerprint density at radius 2 is 2.12 bits per heavy atom. The van der Waals surface area contributed by atoms with Crippen molar-refractivity contribution in [2.45, 2.75) is 31.9 Å². The summed E-state index contributed by atoms with van der Waals surface area (Å²) >= 11 is 5.15. The molecule has 0 saturated carbocycles. The fraction of sp³-hybridized carbons (Fsp3) is 0.368. The monoisotopic (exact) mass is 375 g/mol. The summed E-state index contributed by atoms with van der Waals surface area (Å²) in [6.45, 7) is 3.22. The minimum absolute atomic E-state index is 0.285. The molecule has 1 saturated heterocycles. The summed E-state index contributed by atoms with van der Waals surface area (Å²) in [4.78, 5) is 17.5. The van der Waals surface area contributed by atoms with Crippen LogP contribution in [0.2, 0.25) is 0 Å². The van der Waals surface area contributed by atoms with Gasteiger partial charge in [0.1, 0.15) is 10.5 Å². The number of nitrogens with zero attached hydrogens (tertiary/aromatic N) is 1. The van der Waals surface area contributed by atoms with Crippen LogP contribution < -0.4 is 10.2 Å². The number of aromatic amines is 1. The van der Waals surface area contributed by atoms with Crippen molar-refractivity contribution < 1.29 is 14.3 Å². The third-order valence-corrected chi connectivity index (χ3v) is 5.01. The first kappa shape index (κ1) is 18.5. The molecule has 0 spiro atoms. The second kappa shape index (κ2) is 7.97. The van der Waals surface area contributed by atoms with Crippen LogP contribution in [0.1, 0.15) is 41.7 Å². The van der Waals surface area contributed by atoms with Gasteiger partial charge < -0.3 is 20.3 Å². The molecule has 1 aromatic carbocycles. The van der Waals surface area contributed by atoms with Gasteiger partial charge >= 0.3 is 0 Å². The lowest BCUT2D eigenvalue weighted by molar-refractivity contribution is 0.0939. The van der Waals surface area contributed by atoms with Gasteiger partial charge in [0, 0.05) is 30.5 Å². The number of aliphatic hydroxyl groups is 1. The van der Waals surface area contributed by atoms with Crippen molar-refractivity contribution in [1.82, 2.24) is 10.3 Å². The summed E-state index contributed by atoms with van der Waals surface area (Å²) in [6.07, 6.45) is 2.73. The maximum atomic E-state index is 13.9. The van der Waals surface area contributed by atoms with Crippen molar-refractivity contribution in [1.29, 1.82) is 0 Å². The lowest BCUT2D eigenvalue weighted by Gasteiger charge is -2.34. The molecular weight excluding hydrogens is 353 g/mol. The molecular formula is C19H22FN3O2S. The molecule has 0 radical (unpaired) electrons. The molecule has 1 aromatic heterocycles. The minimum atomic E-state index is -0.394. The highest BCUT2D eigenvalue weighted by Crippen LogP contribution is 2.30. The van der Waals surface area contributed by atoms with Crippen molar-refractivity contribution in [2.24, 2.45) is 0 Å². The van der Waals surface area contributed by atoms with E-state index in [1.54, 1.807) is 24.4 Å². The van der Waals surface area contributed by atoms with Crippen LogP contribution in [-0.2, 0) is 0 Å². The van der Waals surface area contributed by atoms with Crippen LogP contribution in [0.5, 0.6) is 0 Å². The quantitative estimate of drug-likeness (QED) is 0.717. The molecule has 0 unspecified atom stereocenters. The third kappa shape index (κ3) is 4.11. The first-order valence-electron chi connectivity index (χ1n) is 8.66. The molecule has 1 aliphatic heterocycles. The SMILES string of the molecule is C[C@H](NC(=O)c1ccc[nH]c1=S)c1cc(F)ccc1N1CCC(O)CC1. The highest BCUT2D eigenvalue weighted by atomic mass is 32.1. The Morgan fingerprint density at radius 1 is 1.38 bits per heavy atom. The van der Waals surface area contributed by atoms with Gasteiger partial charge in [0.15, 0.2) is 0 Å². The fourth-order valence-electron chi connectivity index (χ4n) is 3.22. The molecule has 1 aliphatic rings. The number of anilines is 1. The number of carbonyl (C=O) groups excluding carboxylic acids is 1. The van der Waals surface area contributed by atoms with Gasteiger partial charge in [-0.2, -0.15) is 0 Å². The van der Waals surface area contributed by atoms with Gasteiger partial charge in [-0.15, -0.1) is 0 Å². The molecule has 5 nitrogen and oxygen atoms in total. The lowest BCUT2D eigenvalue weighted by atomic mass is 10.0. The molecule has 7 heteroatoms. The molecule has 1 atom stereocenters. The second-order valence-corrected chi connectivity index (χ2v) is 6.94. The number of halogens is 1. The van der Waals surface area contributed by atoms with E-state index in [1.165, 1.54) is 12.1 Å². The lowest BCUT2D eigenvalue weighted by Crippen LogP contribution is -2.37. The highest BCUT2D eigenvalue weighted by molar-refractivity contribution is 7.71. The van der Waals surface area contributed by atoms with Crippen molar-refractivity contribution in [3.05, 3.63) is 58.1 Å². The number of amides is 1. The molecule has 2 heterocycles. The predicted molar refractivity (Wildman–Crippen MR) is 101 cm³/mol. The first-order valence-corrected chi connectivity index (χ1v) is 9.07. The minimum Gasteiger partial charge on any atom is -0.393 e. The van der Waals surface area contributed by atoms with Gasteiger partial charge in [-0.25, -0.2) is 4.39 Å². The van der Waals surface area contributed by atoms with E-state index in [-0.39, 0.29) is 17.8 Å². The largest absolute Gasteiger partial charge is 0.393 e. The van der Waals surface area contributed by atoms with E-state index in [9.17, 15) is 14.3 Å². The molecule has 3 rings (SSSR count). The summed E-state index contributed by atoms with van der Waals surface area (Å²) in [7, 11) is 0. The molecule has 1 fully saturated rings. The molecule has 3 N–H and O–H groups in total. The van der Waals surface area contributed by atoms with E-state index in [0.717, 1.165) is 5.69 Å². The standard InChI is InChI=1S/C19H22FN3O2S/c1-12(22-18(25)15-3-2-8-21-19(15)26)16-11-13(20)4-5-17(16)23-9-6-14(24)7-10-23/h2-5,8,11-12,14,24H,6-7,9-10H2,1H3,(H,21,26)(H,22,25)/t12-/m0/s1. The Labute approximate surface area is 156 Å². The summed E-state index contributed by atoms with van der Waals surface area (Å²) in [5, 5.41) is 12.6. The Bertz CT molecular complexity index is 847. The van der Waals surface area contributed by atoms with Crippen LogP contribution in [0.4, 0.5) is 10.1 Å². The molecule has 0 aliphatic carbocycles. The predicted octanol–water partition coefficient (Wildman–Crippen LogP) is 3.34. The summed E-state index contributed by atoms with van der Waals surface area (Å²) in [6, 6.07) is 7.58. The van der Waals surface area contributed by atoms with Gasteiger partial charge in [-0.1, -0.05) is 12.2 Å². The van der Waals surface area contributed by atoms with Crippen LogP contribution in [-0.4, -0.2) is 35.2 Å². The zero-order valence-corrected chi connectivity index (χ0v) is 15.4. The van der Waals surface area contributed by atoms with E-state index in [2.05, 4.69) is 15.2 Å². The molecule has 1 amide bonds. The topological polar surface area (TPSA) is 68.4 Å². The zero-order valence-electron chi connectivity index (χ0n) is 14.5. The number of aliphatic hydroxyl groups excluding tert-OH is 1. The van der Waals surface area contributed by atoms with Crippen LogP contribution in [0.3, 0.4) is 0 Å². The van der Waals surface area contributed by atoms with Crippen LogP contribution in [0.25, 0.3) is 0 Å². The van der Waals surface area contributed by atoms with Crippen molar-refractivity contribution in [3.8, 4) is 0 Å². The van der Waals surface area contributed by atoms with Crippen molar-refractivity contribution >= 4 is 23.8 Å². The van der Waals surface area contributed by atoms with E-state index in [1.807, 2.05) is 6.92 Å². The number of nitrogens with one attached hydrogen (secondary N) is 2. The maximum Gasteiger partial charge on any atom is 0.254 e. The van der Waals surface area contributed by atoms with Crippen LogP contribution in [0.15, 0.2) is 36.5 Å². The zero-order chi connectivity index (χ0) is 18.7. The van der Waals surface area contributed by atoms with Gasteiger partial charge in [0.25, 0.3) is 5.91 Å². The first-order chi connectivity index (χ1) is 12.5. The number of hydrogen-bond acceptors (Lipinski definition) is 4. The Morgan fingerprint density at radius 3 is 2.81 bits per heavy atom. The van der Waals surface area contributed by atoms with E-state index in [0.29, 0.717) is 41.7 Å². The molecule has 2 aromatic rings. The van der Waals surface area contributed by atoms with Gasteiger partial charge in [0.2, 0.25) is 0 Å². The third-order valence-electron chi connectivity index (χ3n) is 4.67. The van der Waals surface area contributed by atoms with E-state index < -0.39 is 6.04 Å². The number of pyridine rings is 1. The number of benzene rings is 1. The van der Waals surface area contributed by atoms with Crippen LogP contribution in [0, 0.1) is 10.5 Å². The number of rotatable bonds is 4. The average molecular weight is 375 g/mol. The van der Waals surface area contributed by atoms with Crippen LogP contribution >= 0.6 is 12.2 Å². The molecule has 26 heavy (non-hydrogen) atoms. The number of piperidine rings is 1. The fourth-order valence-corrected chi connectivity index (χ4v) is 3.45. The number of H-pyrrole nitrogens is 1. The number of hydrogen-bond donors (Lipinski definition) is 3. The Balaban J connectivity index is 1.83. The van der Waals surface area contributed by atoms with Crippen molar-refractivity contribution in [2.75, 3.05) is 18.0 Å². The van der Waals surface area contributed by atoms with E-state index in [4.69, 9.17) is 12.2 Å². The molecule has 0 bridgehead atoms. The number of aromatic nitrogens is 1. The molecule has 138 valence electrons. The summed E-state index contributed by atoms with van der Waals surface area (Å²) < 4.78 is 14.2. The van der Waals surface area contributed by atoms with Gasteiger partial charge in [-0.05, 0) is 50.1 Å². The number of carbonyl (C=O) groups is 1. The van der Waals surface area contributed by atoms with E-state index >= 15 is 0 Å².